The summed E-state index contributed by atoms with van der Waals surface area (Å²) in [6.45, 7) is 4.83. The van der Waals surface area contributed by atoms with Crippen LogP contribution in [0.25, 0.3) is 11.3 Å². The summed E-state index contributed by atoms with van der Waals surface area (Å²) < 4.78 is 16.5. The van der Waals surface area contributed by atoms with Gasteiger partial charge in [0.15, 0.2) is 0 Å². The van der Waals surface area contributed by atoms with Gasteiger partial charge in [0.2, 0.25) is 0 Å². The minimum Gasteiger partial charge on any atom is -0.452 e. The first kappa shape index (κ1) is 16.3. The largest absolute Gasteiger partial charge is 0.452 e. The zero-order valence-corrected chi connectivity index (χ0v) is 14.0. The molecule has 0 fully saturated rings. The van der Waals surface area contributed by atoms with Crippen LogP contribution in [0.1, 0.15) is 17.0 Å². The van der Waals surface area contributed by atoms with E-state index in [2.05, 4.69) is 17.1 Å². The Kier molecular flexibility index (Phi) is 4.74. The number of nitrogens with two attached hydrogens (primary N) is 2. The van der Waals surface area contributed by atoms with Crippen molar-refractivity contribution in [2.45, 2.75) is 6.42 Å². The van der Waals surface area contributed by atoms with E-state index < -0.39 is 5.83 Å². The predicted octanol–water partition coefficient (Wildman–Crippen LogP) is 1.42. The Balaban J connectivity index is 2.70. The number of hydrogen-bond acceptors (Lipinski definition) is 4. The van der Waals surface area contributed by atoms with Gasteiger partial charge in [0.05, 0.1) is 11.5 Å². The van der Waals surface area contributed by atoms with Gasteiger partial charge in [0.25, 0.3) is 0 Å². The van der Waals surface area contributed by atoms with Gasteiger partial charge in [0, 0.05) is 42.5 Å². The van der Waals surface area contributed by atoms with Crippen LogP contribution in [-0.2, 0) is 23.8 Å². The van der Waals surface area contributed by atoms with E-state index in [4.69, 9.17) is 11.5 Å². The molecule has 1 aromatic rings. The van der Waals surface area contributed by atoms with E-state index in [0.29, 0.717) is 5.57 Å². The number of fused-ring (bicyclic) bond motifs is 1. The zero-order chi connectivity index (χ0) is 16.4. The molecule has 1 aromatic heterocycles. The van der Waals surface area contributed by atoms with Crippen LogP contribution in [0, 0.1) is 5.18 Å². The summed E-state index contributed by atoms with van der Waals surface area (Å²) in [5, 5.41) is 6.02. The molecule has 5 N–H and O–H groups in total. The lowest BCUT2D eigenvalue weighted by Crippen LogP contribution is -2.22. The van der Waals surface area contributed by atoms with Gasteiger partial charge in [-0.25, -0.2) is 5.18 Å². The van der Waals surface area contributed by atoms with Crippen LogP contribution in [0.2, 0.25) is 0 Å². The van der Waals surface area contributed by atoms with Crippen molar-refractivity contribution in [1.82, 2.24) is 9.88 Å². The number of aromatic nitrogens is 1. The molecule has 1 aliphatic heterocycles. The lowest BCUT2D eigenvalue weighted by molar-refractivity contribution is 0.677. The maximum atomic E-state index is 14.6. The molecular formula is C16H22FN4S-. The molecule has 2 heterocycles. The fraction of sp³-hybridized carbons (Fsp3) is 0.312. The van der Waals surface area contributed by atoms with Crippen LogP contribution in [-0.4, -0.2) is 23.6 Å². The molecule has 0 unspecified atom stereocenters. The maximum Gasteiger partial charge on any atom is 0.147 e. The van der Waals surface area contributed by atoms with Crippen molar-refractivity contribution in [1.29, 1.82) is 0 Å². The third-order valence-electron chi connectivity index (χ3n) is 3.50. The number of rotatable bonds is 2. The van der Waals surface area contributed by atoms with Crippen LogP contribution < -0.4 is 16.8 Å². The Hall–Kier alpha value is -2.04. The fourth-order valence-electron chi connectivity index (χ4n) is 2.54. The number of nitrogens with zero attached hydrogens (tertiary/aromatic N) is 1. The molecule has 4 nitrogen and oxygen atoms in total. The molecule has 0 aromatic carbocycles. The average Bonchev–Trinajstić information content (AvgIpc) is 2.74. The zero-order valence-electron chi connectivity index (χ0n) is 13.2. The van der Waals surface area contributed by atoms with Crippen LogP contribution in [0.4, 0.5) is 4.39 Å². The summed E-state index contributed by atoms with van der Waals surface area (Å²) in [4.78, 5) is 0. The highest BCUT2D eigenvalue weighted by atomic mass is 32.2. The van der Waals surface area contributed by atoms with Crippen LogP contribution >= 0.6 is 0 Å². The Bertz CT molecular complexity index is 761. The molecule has 0 saturated heterocycles. The van der Waals surface area contributed by atoms with E-state index in [0.717, 1.165) is 35.6 Å². The Morgan fingerprint density at radius 2 is 2.18 bits per heavy atom. The summed E-state index contributed by atoms with van der Waals surface area (Å²) in [5.74, 6) is -0.367. The van der Waals surface area contributed by atoms with Gasteiger partial charge < -0.3 is 31.7 Å². The van der Waals surface area contributed by atoms with Gasteiger partial charge in [-0.15, -0.1) is 12.5 Å². The van der Waals surface area contributed by atoms with Crippen molar-refractivity contribution in [2.24, 2.45) is 18.5 Å². The molecule has 0 radical (unpaired) electrons. The van der Waals surface area contributed by atoms with E-state index in [9.17, 15) is 4.39 Å². The molecule has 0 aliphatic carbocycles. The van der Waals surface area contributed by atoms with Gasteiger partial charge in [-0.2, -0.15) is 4.39 Å². The lowest BCUT2D eigenvalue weighted by Gasteiger charge is -2.18. The predicted molar refractivity (Wildman–Crippen MR) is 93.7 cm³/mol. The van der Waals surface area contributed by atoms with Crippen LogP contribution in [0.3, 0.4) is 0 Å². The second-order valence-corrected chi connectivity index (χ2v) is 7.23. The SMILES string of the molecule is C=C1NCCc2c1cc(C(C=C(N)N)=C(F)C#[S-](C)C)n2C. The first-order chi connectivity index (χ1) is 10.3. The van der Waals surface area contributed by atoms with Crippen molar-refractivity contribution in [3.8, 4) is 5.18 Å². The third kappa shape index (κ3) is 3.24. The molecule has 120 valence electrons. The summed E-state index contributed by atoms with van der Waals surface area (Å²) in [7, 11) is 1.62. The molecule has 22 heavy (non-hydrogen) atoms. The number of hydrogen-bond donors (Lipinski definition) is 3. The monoisotopic (exact) mass is 321 g/mol. The van der Waals surface area contributed by atoms with E-state index in [1.165, 1.54) is 6.08 Å². The minimum absolute atomic E-state index is 0.0650. The van der Waals surface area contributed by atoms with Crippen molar-refractivity contribution in [2.75, 3.05) is 19.1 Å². The fourth-order valence-corrected chi connectivity index (χ4v) is 3.01. The quantitative estimate of drug-likeness (QED) is 0.570. The maximum absolute atomic E-state index is 14.6. The van der Waals surface area contributed by atoms with Crippen molar-refractivity contribution < 1.29 is 4.39 Å². The smallest absolute Gasteiger partial charge is 0.147 e. The van der Waals surface area contributed by atoms with Gasteiger partial charge in [-0.3, -0.25) is 0 Å². The summed E-state index contributed by atoms with van der Waals surface area (Å²) in [5.41, 5.74) is 15.2. The molecule has 0 spiro atoms. The molecule has 0 amide bonds. The molecule has 0 atom stereocenters. The molecule has 0 bridgehead atoms. The van der Waals surface area contributed by atoms with Gasteiger partial charge in [-0.05, 0) is 12.1 Å². The topological polar surface area (TPSA) is 69.0 Å². The third-order valence-corrected chi connectivity index (χ3v) is 4.09. The number of allylic oxidation sites excluding steroid dienone is 3. The standard InChI is InChI=1S/C16H22FN4S/c1-10-11-7-15(21(2)14(11)5-6-20-10)12(8-16(18)19)13(17)9-22(3)4/h7-8,20H,1,5-6,18-19H2,2-4H3/q-1. The molecule has 1 aliphatic rings. The lowest BCUT2D eigenvalue weighted by atomic mass is 10.1. The molecule has 2 rings (SSSR count). The molecular weight excluding hydrogens is 299 g/mol. The summed E-state index contributed by atoms with van der Waals surface area (Å²) in [6, 6.07) is 1.92. The first-order valence-electron chi connectivity index (χ1n) is 6.90. The first-order valence-corrected chi connectivity index (χ1v) is 8.94. The van der Waals surface area contributed by atoms with Gasteiger partial charge in [-0.1, -0.05) is 6.58 Å². The highest BCUT2D eigenvalue weighted by molar-refractivity contribution is 7.85. The summed E-state index contributed by atoms with van der Waals surface area (Å²) in [6.07, 6.45) is 6.11. The summed E-state index contributed by atoms with van der Waals surface area (Å²) >= 11 is 0. The average molecular weight is 321 g/mol. The second-order valence-electron chi connectivity index (χ2n) is 5.39. The Morgan fingerprint density at radius 3 is 2.73 bits per heavy atom. The van der Waals surface area contributed by atoms with Crippen LogP contribution in [0.5, 0.6) is 0 Å². The van der Waals surface area contributed by atoms with Gasteiger partial charge in [0.1, 0.15) is 5.83 Å². The highest BCUT2D eigenvalue weighted by Crippen LogP contribution is 2.30. The minimum atomic E-state index is -0.432. The Morgan fingerprint density at radius 1 is 1.50 bits per heavy atom. The Labute approximate surface area is 132 Å². The van der Waals surface area contributed by atoms with Crippen molar-refractivity contribution >= 4 is 21.6 Å². The number of halogens is 1. The normalized spacial score (nSPS) is 14.9. The molecule has 0 saturated carbocycles. The van der Waals surface area contributed by atoms with E-state index in [1.54, 1.807) is 0 Å². The van der Waals surface area contributed by atoms with Gasteiger partial charge >= 0.3 is 0 Å². The van der Waals surface area contributed by atoms with Crippen molar-refractivity contribution in [3.63, 3.8) is 0 Å². The molecule has 6 heteroatoms. The van der Waals surface area contributed by atoms with Crippen molar-refractivity contribution in [3.05, 3.63) is 47.3 Å². The van der Waals surface area contributed by atoms with E-state index in [-0.39, 0.29) is 16.1 Å². The van der Waals surface area contributed by atoms with E-state index in [1.807, 2.05) is 30.2 Å². The van der Waals surface area contributed by atoms with E-state index >= 15 is 0 Å². The number of nitrogens with one attached hydrogen (secondary N) is 1. The second kappa shape index (κ2) is 6.38. The van der Waals surface area contributed by atoms with Crippen LogP contribution in [0.15, 0.2) is 30.4 Å². The highest BCUT2D eigenvalue weighted by Gasteiger charge is 2.20.